The van der Waals surface area contributed by atoms with Crippen molar-refractivity contribution in [3.05, 3.63) is 65.2 Å². The van der Waals surface area contributed by atoms with Crippen molar-refractivity contribution in [1.82, 2.24) is 0 Å². The van der Waals surface area contributed by atoms with Crippen molar-refractivity contribution in [3.8, 4) is 0 Å². The van der Waals surface area contributed by atoms with Crippen LogP contribution in [-0.4, -0.2) is 6.54 Å². The van der Waals surface area contributed by atoms with Crippen LogP contribution < -0.4 is 5.73 Å². The van der Waals surface area contributed by atoms with Crippen LogP contribution in [0.15, 0.2) is 53.4 Å². The normalized spacial score (nSPS) is 12.4. The van der Waals surface area contributed by atoms with Gasteiger partial charge in [-0.05, 0) is 31.0 Å². The van der Waals surface area contributed by atoms with Gasteiger partial charge in [-0.2, -0.15) is 0 Å². The van der Waals surface area contributed by atoms with E-state index in [1.165, 1.54) is 21.6 Å². The molecule has 0 aliphatic carbocycles. The fourth-order valence-electron chi connectivity index (χ4n) is 1.96. The molecule has 0 radical (unpaired) electrons. The van der Waals surface area contributed by atoms with E-state index in [9.17, 15) is 0 Å². The maximum atomic E-state index is 5.93. The van der Waals surface area contributed by atoms with Crippen LogP contribution in [0.25, 0.3) is 0 Å². The molecular formula is C16H19NS. The molecule has 0 aromatic heterocycles. The third kappa shape index (κ3) is 3.15. The fourth-order valence-corrected chi connectivity index (χ4v) is 3.06. The van der Waals surface area contributed by atoms with Crippen molar-refractivity contribution in [2.24, 2.45) is 5.73 Å². The van der Waals surface area contributed by atoms with Gasteiger partial charge in [0.2, 0.25) is 0 Å². The van der Waals surface area contributed by atoms with Crippen LogP contribution >= 0.6 is 11.8 Å². The Morgan fingerprint density at radius 2 is 1.83 bits per heavy atom. The van der Waals surface area contributed by atoms with Gasteiger partial charge in [-0.25, -0.2) is 0 Å². The third-order valence-electron chi connectivity index (χ3n) is 2.99. The minimum atomic E-state index is 0.325. The van der Waals surface area contributed by atoms with E-state index in [1.54, 1.807) is 0 Å². The predicted molar refractivity (Wildman–Crippen MR) is 80.0 cm³/mol. The van der Waals surface area contributed by atoms with Crippen molar-refractivity contribution < 1.29 is 0 Å². The smallest absolute Gasteiger partial charge is 0.0467 e. The average Bonchev–Trinajstić information content (AvgIpc) is 2.38. The lowest BCUT2D eigenvalue weighted by Crippen LogP contribution is -2.09. The van der Waals surface area contributed by atoms with E-state index in [0.717, 1.165) is 0 Å². The molecule has 0 spiro atoms. The molecular weight excluding hydrogens is 238 g/mol. The summed E-state index contributed by atoms with van der Waals surface area (Å²) in [5, 5.41) is 0.325. The molecule has 0 fully saturated rings. The SMILES string of the molecule is Cc1cccc(C(CN)Sc2ccccc2C)c1. The molecule has 0 aliphatic rings. The Morgan fingerprint density at radius 3 is 2.50 bits per heavy atom. The van der Waals surface area contributed by atoms with E-state index in [1.807, 2.05) is 11.8 Å². The number of aryl methyl sites for hydroxylation is 2. The first-order chi connectivity index (χ1) is 8.70. The van der Waals surface area contributed by atoms with Crippen molar-refractivity contribution >= 4 is 11.8 Å². The predicted octanol–water partition coefficient (Wildman–Crippen LogP) is 4.10. The lowest BCUT2D eigenvalue weighted by atomic mass is 10.1. The topological polar surface area (TPSA) is 26.0 Å². The molecule has 2 rings (SSSR count). The van der Waals surface area contributed by atoms with Gasteiger partial charge in [-0.15, -0.1) is 11.8 Å². The molecule has 1 unspecified atom stereocenters. The van der Waals surface area contributed by atoms with Gasteiger partial charge in [-0.1, -0.05) is 48.0 Å². The number of hydrogen-bond acceptors (Lipinski definition) is 2. The Kier molecular flexibility index (Phi) is 4.45. The van der Waals surface area contributed by atoms with E-state index in [2.05, 4.69) is 62.4 Å². The Labute approximate surface area is 113 Å². The minimum absolute atomic E-state index is 0.325. The second-order valence-electron chi connectivity index (χ2n) is 4.52. The molecule has 2 aromatic carbocycles. The molecule has 0 saturated carbocycles. The highest BCUT2D eigenvalue weighted by atomic mass is 32.2. The standard InChI is InChI=1S/C16H19NS/c1-12-6-5-8-14(10-12)16(11-17)18-15-9-4-3-7-13(15)2/h3-10,16H,11,17H2,1-2H3. The molecule has 2 heteroatoms. The molecule has 2 aromatic rings. The summed E-state index contributed by atoms with van der Waals surface area (Å²) in [7, 11) is 0. The first kappa shape index (κ1) is 13.2. The monoisotopic (exact) mass is 257 g/mol. The summed E-state index contributed by atoms with van der Waals surface area (Å²) in [6, 6.07) is 17.1. The number of thioether (sulfide) groups is 1. The average molecular weight is 257 g/mol. The van der Waals surface area contributed by atoms with Crippen molar-refractivity contribution in [2.75, 3.05) is 6.54 Å². The zero-order valence-electron chi connectivity index (χ0n) is 10.9. The highest BCUT2D eigenvalue weighted by molar-refractivity contribution is 7.99. The second-order valence-corrected chi connectivity index (χ2v) is 5.77. The Morgan fingerprint density at radius 1 is 1.06 bits per heavy atom. The van der Waals surface area contributed by atoms with Gasteiger partial charge in [0.1, 0.15) is 0 Å². The lowest BCUT2D eigenvalue weighted by Gasteiger charge is -2.16. The zero-order chi connectivity index (χ0) is 13.0. The summed E-state index contributed by atoms with van der Waals surface area (Å²) in [5.41, 5.74) is 9.84. The van der Waals surface area contributed by atoms with E-state index in [-0.39, 0.29) is 0 Å². The summed E-state index contributed by atoms with van der Waals surface area (Å²) in [6.45, 7) is 4.92. The van der Waals surface area contributed by atoms with E-state index < -0.39 is 0 Å². The highest BCUT2D eigenvalue weighted by Crippen LogP contribution is 2.36. The summed E-state index contributed by atoms with van der Waals surface area (Å²) >= 11 is 1.85. The van der Waals surface area contributed by atoms with Crippen LogP contribution in [0, 0.1) is 13.8 Å². The molecule has 2 N–H and O–H groups in total. The summed E-state index contributed by atoms with van der Waals surface area (Å²) in [6.07, 6.45) is 0. The number of hydrogen-bond donors (Lipinski definition) is 1. The number of benzene rings is 2. The van der Waals surface area contributed by atoms with Gasteiger partial charge in [0.05, 0.1) is 0 Å². The molecule has 0 heterocycles. The van der Waals surface area contributed by atoms with Gasteiger partial charge in [-0.3, -0.25) is 0 Å². The van der Waals surface area contributed by atoms with Crippen LogP contribution in [0.4, 0.5) is 0 Å². The third-order valence-corrected chi connectivity index (χ3v) is 4.45. The van der Waals surface area contributed by atoms with Gasteiger partial charge in [0.25, 0.3) is 0 Å². The molecule has 18 heavy (non-hydrogen) atoms. The quantitative estimate of drug-likeness (QED) is 0.835. The van der Waals surface area contributed by atoms with Gasteiger partial charge in [0.15, 0.2) is 0 Å². The minimum Gasteiger partial charge on any atom is -0.329 e. The Bertz CT molecular complexity index is 522. The number of nitrogens with two attached hydrogens (primary N) is 1. The molecule has 94 valence electrons. The van der Waals surface area contributed by atoms with Crippen LogP contribution in [0.5, 0.6) is 0 Å². The Balaban J connectivity index is 2.23. The molecule has 0 saturated heterocycles. The molecule has 0 amide bonds. The van der Waals surface area contributed by atoms with Gasteiger partial charge < -0.3 is 5.73 Å². The van der Waals surface area contributed by atoms with Crippen LogP contribution in [0.2, 0.25) is 0 Å². The largest absolute Gasteiger partial charge is 0.329 e. The highest BCUT2D eigenvalue weighted by Gasteiger charge is 2.12. The maximum Gasteiger partial charge on any atom is 0.0467 e. The zero-order valence-corrected chi connectivity index (χ0v) is 11.7. The number of rotatable bonds is 4. The molecule has 1 atom stereocenters. The summed E-state index contributed by atoms with van der Waals surface area (Å²) < 4.78 is 0. The van der Waals surface area contributed by atoms with Gasteiger partial charge in [0, 0.05) is 16.7 Å². The molecule has 0 aliphatic heterocycles. The van der Waals surface area contributed by atoms with Crippen LogP contribution in [-0.2, 0) is 0 Å². The van der Waals surface area contributed by atoms with E-state index >= 15 is 0 Å². The van der Waals surface area contributed by atoms with Crippen molar-refractivity contribution in [1.29, 1.82) is 0 Å². The first-order valence-corrected chi connectivity index (χ1v) is 7.07. The summed E-state index contributed by atoms with van der Waals surface area (Å²) in [5.74, 6) is 0. The van der Waals surface area contributed by atoms with Gasteiger partial charge >= 0.3 is 0 Å². The maximum absolute atomic E-state index is 5.93. The van der Waals surface area contributed by atoms with Crippen LogP contribution in [0.3, 0.4) is 0 Å². The molecule has 1 nitrogen and oxygen atoms in total. The molecule has 0 bridgehead atoms. The van der Waals surface area contributed by atoms with Crippen molar-refractivity contribution in [3.63, 3.8) is 0 Å². The fraction of sp³-hybridized carbons (Fsp3) is 0.250. The lowest BCUT2D eigenvalue weighted by molar-refractivity contribution is 0.938. The summed E-state index contributed by atoms with van der Waals surface area (Å²) in [4.78, 5) is 1.31. The van der Waals surface area contributed by atoms with Crippen molar-refractivity contribution in [2.45, 2.75) is 24.0 Å². The second kappa shape index (κ2) is 6.07. The van der Waals surface area contributed by atoms with E-state index in [0.29, 0.717) is 11.8 Å². The first-order valence-electron chi connectivity index (χ1n) is 6.19. The van der Waals surface area contributed by atoms with E-state index in [4.69, 9.17) is 5.73 Å². The Hall–Kier alpha value is -1.25. The van der Waals surface area contributed by atoms with Crippen LogP contribution in [0.1, 0.15) is 21.9 Å².